The van der Waals surface area contributed by atoms with Crippen molar-refractivity contribution in [3.05, 3.63) is 18.2 Å². The van der Waals surface area contributed by atoms with E-state index in [1.54, 1.807) is 0 Å². The van der Waals surface area contributed by atoms with Crippen molar-refractivity contribution in [3.8, 4) is 0 Å². The topological polar surface area (TPSA) is 243 Å². The minimum atomic E-state index is -1.28. The van der Waals surface area contributed by atoms with Gasteiger partial charge in [0.05, 0.1) is 12.4 Å². The van der Waals surface area contributed by atoms with Crippen LogP contribution in [0.5, 0.6) is 0 Å². The Balaban J connectivity index is 3.04. The Bertz CT molecular complexity index is 885. The summed E-state index contributed by atoms with van der Waals surface area (Å²) in [7, 11) is 0. The molecular formula is C22H37N7O7S. The first-order valence-electron chi connectivity index (χ1n) is 11.9. The summed E-state index contributed by atoms with van der Waals surface area (Å²) in [6, 6.07) is -4.61. The Hall–Kier alpha value is -3.17. The molecule has 37 heavy (non-hydrogen) atoms. The maximum absolute atomic E-state index is 13.1. The summed E-state index contributed by atoms with van der Waals surface area (Å²) in [5.41, 5.74) is 11.8. The van der Waals surface area contributed by atoms with E-state index in [2.05, 4.69) is 25.9 Å². The highest BCUT2D eigenvalue weighted by molar-refractivity contribution is 7.98. The van der Waals surface area contributed by atoms with E-state index in [0.717, 1.165) is 0 Å². The van der Waals surface area contributed by atoms with Gasteiger partial charge in [0.15, 0.2) is 0 Å². The van der Waals surface area contributed by atoms with Gasteiger partial charge in [0.25, 0.3) is 0 Å². The highest BCUT2D eigenvalue weighted by Crippen LogP contribution is 2.07. The second-order valence-electron chi connectivity index (χ2n) is 8.41. The molecule has 0 saturated carbocycles. The molecule has 15 heteroatoms. The Morgan fingerprint density at radius 2 is 1.62 bits per heavy atom. The third kappa shape index (κ3) is 12.6. The van der Waals surface area contributed by atoms with Crippen LogP contribution in [-0.4, -0.2) is 92.6 Å². The van der Waals surface area contributed by atoms with Crippen LogP contribution in [0.15, 0.2) is 12.5 Å². The third-order valence-electron chi connectivity index (χ3n) is 5.42. The normalized spacial score (nSPS) is 14.1. The number of carboxylic acids is 2. The molecule has 0 saturated heterocycles. The monoisotopic (exact) mass is 543 g/mol. The summed E-state index contributed by atoms with van der Waals surface area (Å²) in [5, 5.41) is 26.0. The predicted octanol–water partition coefficient (Wildman–Crippen LogP) is -1.43. The number of carboxylic acid groups (broad SMARTS) is 2. The van der Waals surface area contributed by atoms with Gasteiger partial charge in [-0.3, -0.25) is 19.2 Å². The van der Waals surface area contributed by atoms with E-state index in [1.807, 2.05) is 6.26 Å². The van der Waals surface area contributed by atoms with Crippen LogP contribution in [0.1, 0.15) is 44.2 Å². The maximum atomic E-state index is 13.1. The van der Waals surface area contributed by atoms with Gasteiger partial charge in [-0.25, -0.2) is 9.78 Å². The van der Waals surface area contributed by atoms with Gasteiger partial charge < -0.3 is 42.6 Å². The number of aliphatic carboxylic acids is 2. The number of aromatic amines is 1. The smallest absolute Gasteiger partial charge is 0.326 e. The summed E-state index contributed by atoms with van der Waals surface area (Å²) in [6.07, 6.45) is 5.52. The zero-order valence-corrected chi connectivity index (χ0v) is 21.6. The van der Waals surface area contributed by atoms with Gasteiger partial charge in [-0.15, -0.1) is 0 Å². The van der Waals surface area contributed by atoms with Crippen molar-refractivity contribution in [3.63, 3.8) is 0 Å². The molecule has 14 nitrogen and oxygen atoms in total. The number of nitrogens with one attached hydrogen (secondary N) is 4. The van der Waals surface area contributed by atoms with E-state index in [4.69, 9.17) is 16.6 Å². The molecule has 208 valence electrons. The summed E-state index contributed by atoms with van der Waals surface area (Å²) >= 11 is 1.50. The number of hydrogen-bond acceptors (Lipinski definition) is 9. The predicted molar refractivity (Wildman–Crippen MR) is 136 cm³/mol. The molecule has 0 spiro atoms. The molecule has 1 aromatic heterocycles. The maximum Gasteiger partial charge on any atom is 0.326 e. The number of amides is 3. The Kier molecular flexibility index (Phi) is 14.9. The van der Waals surface area contributed by atoms with Crippen LogP contribution in [0.3, 0.4) is 0 Å². The average molecular weight is 544 g/mol. The minimum absolute atomic E-state index is 0.0560. The summed E-state index contributed by atoms with van der Waals surface area (Å²) in [6.45, 7) is 0.378. The van der Waals surface area contributed by atoms with Crippen molar-refractivity contribution in [2.45, 2.75) is 69.1 Å². The molecule has 0 aliphatic heterocycles. The SMILES string of the molecule is CSCCC(N)C(=O)NC(CCC(=O)O)C(=O)NC(Cc1cnc[nH]1)C(=O)NC(CCCCN)C(=O)O. The molecule has 0 bridgehead atoms. The van der Waals surface area contributed by atoms with Gasteiger partial charge in [0, 0.05) is 24.7 Å². The van der Waals surface area contributed by atoms with Crippen molar-refractivity contribution in [2.24, 2.45) is 11.5 Å². The molecule has 1 heterocycles. The number of carbonyl (C=O) groups is 5. The van der Waals surface area contributed by atoms with Crippen LogP contribution in [0, 0.1) is 0 Å². The summed E-state index contributed by atoms with van der Waals surface area (Å²) in [4.78, 5) is 68.1. The highest BCUT2D eigenvalue weighted by Gasteiger charge is 2.31. The van der Waals surface area contributed by atoms with Crippen molar-refractivity contribution in [2.75, 3.05) is 18.6 Å². The molecule has 0 fully saturated rings. The van der Waals surface area contributed by atoms with Crippen LogP contribution in [0.2, 0.25) is 0 Å². The molecule has 1 rings (SSSR count). The van der Waals surface area contributed by atoms with Crippen LogP contribution in [0.4, 0.5) is 0 Å². The van der Waals surface area contributed by atoms with E-state index < -0.39 is 60.2 Å². The number of hydrogen-bond donors (Lipinski definition) is 8. The van der Waals surface area contributed by atoms with Crippen molar-refractivity contribution in [1.82, 2.24) is 25.9 Å². The number of nitrogens with zero attached hydrogens (tertiary/aromatic N) is 1. The van der Waals surface area contributed by atoms with E-state index in [-0.39, 0.29) is 19.3 Å². The van der Waals surface area contributed by atoms with Crippen LogP contribution < -0.4 is 27.4 Å². The number of H-pyrrole nitrogens is 1. The van der Waals surface area contributed by atoms with Crippen LogP contribution in [0.25, 0.3) is 0 Å². The van der Waals surface area contributed by atoms with Crippen molar-refractivity contribution >= 4 is 41.4 Å². The fourth-order valence-corrected chi connectivity index (χ4v) is 3.80. The lowest BCUT2D eigenvalue weighted by molar-refractivity contribution is -0.142. The summed E-state index contributed by atoms with van der Waals surface area (Å²) < 4.78 is 0. The number of nitrogens with two attached hydrogens (primary N) is 2. The van der Waals surface area contributed by atoms with Crippen LogP contribution >= 0.6 is 11.8 Å². The molecule has 0 aliphatic carbocycles. The lowest BCUT2D eigenvalue weighted by atomic mass is 10.1. The molecule has 4 unspecified atom stereocenters. The van der Waals surface area contributed by atoms with E-state index in [9.17, 15) is 29.1 Å². The number of unbranched alkanes of at least 4 members (excludes halogenated alkanes) is 1. The fourth-order valence-electron chi connectivity index (χ4n) is 3.31. The Morgan fingerprint density at radius 1 is 0.973 bits per heavy atom. The number of imidazole rings is 1. The minimum Gasteiger partial charge on any atom is -0.481 e. The molecule has 4 atom stereocenters. The molecule has 3 amide bonds. The van der Waals surface area contributed by atoms with Gasteiger partial charge in [-0.05, 0) is 50.7 Å². The lowest BCUT2D eigenvalue weighted by Crippen LogP contribution is -2.57. The van der Waals surface area contributed by atoms with Crippen molar-refractivity contribution < 1.29 is 34.2 Å². The first kappa shape index (κ1) is 31.9. The number of rotatable bonds is 19. The molecule has 0 aliphatic rings. The van der Waals surface area contributed by atoms with Gasteiger partial charge in [0.1, 0.15) is 18.1 Å². The first-order chi connectivity index (χ1) is 17.6. The van der Waals surface area contributed by atoms with Gasteiger partial charge in [0.2, 0.25) is 17.7 Å². The molecule has 1 aromatic rings. The Morgan fingerprint density at radius 3 is 2.19 bits per heavy atom. The largest absolute Gasteiger partial charge is 0.481 e. The van der Waals surface area contributed by atoms with Crippen LogP contribution in [-0.2, 0) is 30.4 Å². The van der Waals surface area contributed by atoms with Crippen molar-refractivity contribution in [1.29, 1.82) is 0 Å². The molecule has 0 aromatic carbocycles. The number of thioether (sulfide) groups is 1. The standard InChI is InChI=1S/C22H37N7O7S/c1-37-9-7-14(24)19(32)27-15(5-6-18(30)31)20(33)29-17(10-13-11-25-12-26-13)21(34)28-16(22(35)36)4-2-3-8-23/h11-12,14-17H,2-10,23-24H2,1H3,(H,25,26)(H,27,32)(H,28,34)(H,29,33)(H,30,31)(H,35,36). The van der Waals surface area contributed by atoms with Gasteiger partial charge in [-0.2, -0.15) is 11.8 Å². The number of carbonyl (C=O) groups excluding carboxylic acids is 3. The number of aromatic nitrogens is 2. The van der Waals surface area contributed by atoms with E-state index in [0.29, 0.717) is 37.3 Å². The summed E-state index contributed by atoms with van der Waals surface area (Å²) in [5.74, 6) is -3.98. The van der Waals surface area contributed by atoms with E-state index in [1.165, 1.54) is 24.3 Å². The first-order valence-corrected chi connectivity index (χ1v) is 13.3. The van der Waals surface area contributed by atoms with Gasteiger partial charge >= 0.3 is 11.9 Å². The third-order valence-corrected chi connectivity index (χ3v) is 6.07. The molecule has 0 radical (unpaired) electrons. The second kappa shape index (κ2) is 17.3. The molecular weight excluding hydrogens is 506 g/mol. The second-order valence-corrected chi connectivity index (χ2v) is 9.39. The van der Waals surface area contributed by atoms with Gasteiger partial charge in [-0.1, -0.05) is 0 Å². The Labute approximate surface area is 219 Å². The lowest BCUT2D eigenvalue weighted by Gasteiger charge is -2.25. The molecule has 10 N–H and O–H groups in total. The zero-order chi connectivity index (χ0) is 27.8. The fraction of sp³-hybridized carbons (Fsp3) is 0.636. The van der Waals surface area contributed by atoms with E-state index >= 15 is 0 Å². The zero-order valence-electron chi connectivity index (χ0n) is 20.8. The average Bonchev–Trinajstić information content (AvgIpc) is 3.36. The quantitative estimate of drug-likeness (QED) is 0.0939. The highest BCUT2D eigenvalue weighted by atomic mass is 32.2.